The van der Waals surface area contributed by atoms with Crippen LogP contribution >= 0.6 is 24.0 Å². The highest BCUT2D eigenvalue weighted by Crippen LogP contribution is 2.17. The molecule has 6 heteroatoms. The summed E-state index contributed by atoms with van der Waals surface area (Å²) in [5.41, 5.74) is 1.23. The smallest absolute Gasteiger partial charge is 0.191 e. The number of hydrogen-bond donors (Lipinski definition) is 2. The Morgan fingerprint density at radius 3 is 2.48 bits per heavy atom. The number of rotatable bonds is 8. The summed E-state index contributed by atoms with van der Waals surface area (Å²) in [6, 6.07) is 8.88. The van der Waals surface area contributed by atoms with Gasteiger partial charge >= 0.3 is 0 Å². The Morgan fingerprint density at radius 1 is 1.20 bits per heavy atom. The average Bonchev–Trinajstić information content (AvgIpc) is 3.09. The molecule has 0 atom stereocenters. The molecule has 2 rings (SSSR count). The zero-order chi connectivity index (χ0) is 17.2. The topological polar surface area (TPSA) is 48.9 Å². The first kappa shape index (κ1) is 22.0. The molecule has 0 bridgehead atoms. The van der Waals surface area contributed by atoms with Gasteiger partial charge in [0, 0.05) is 26.2 Å². The van der Waals surface area contributed by atoms with Crippen LogP contribution in [0.4, 0.5) is 0 Å². The molecular formula is C19H33IN4O. The Balaban J connectivity index is 0.00000312. The molecule has 0 saturated heterocycles. The number of benzene rings is 1. The second-order valence-corrected chi connectivity index (χ2v) is 6.70. The molecule has 1 aliphatic rings. The van der Waals surface area contributed by atoms with Gasteiger partial charge in [-0.25, -0.2) is 0 Å². The van der Waals surface area contributed by atoms with E-state index in [0.29, 0.717) is 6.04 Å². The fraction of sp³-hybridized carbons (Fsp3) is 0.632. The van der Waals surface area contributed by atoms with Gasteiger partial charge in [-0.1, -0.05) is 25.0 Å². The fourth-order valence-electron chi connectivity index (χ4n) is 2.92. The first-order valence-corrected chi connectivity index (χ1v) is 9.01. The van der Waals surface area contributed by atoms with Gasteiger partial charge in [0.05, 0.1) is 6.61 Å². The number of nitrogens with zero attached hydrogens (tertiary/aromatic N) is 2. The fourth-order valence-corrected chi connectivity index (χ4v) is 2.92. The Morgan fingerprint density at radius 2 is 1.88 bits per heavy atom. The van der Waals surface area contributed by atoms with E-state index in [1.165, 1.54) is 31.2 Å². The van der Waals surface area contributed by atoms with Crippen LogP contribution in [-0.2, 0) is 6.54 Å². The molecule has 1 aliphatic carbocycles. The lowest BCUT2D eigenvalue weighted by Gasteiger charge is -2.17. The third-order valence-electron chi connectivity index (χ3n) is 4.32. The van der Waals surface area contributed by atoms with E-state index in [-0.39, 0.29) is 24.0 Å². The molecule has 1 saturated carbocycles. The molecule has 1 fully saturated rings. The van der Waals surface area contributed by atoms with E-state index in [0.717, 1.165) is 37.8 Å². The molecule has 0 radical (unpaired) electrons. The van der Waals surface area contributed by atoms with E-state index in [1.807, 2.05) is 19.2 Å². The van der Waals surface area contributed by atoms with Crippen LogP contribution in [0.2, 0.25) is 0 Å². The maximum atomic E-state index is 5.76. The highest BCUT2D eigenvalue weighted by atomic mass is 127. The first-order chi connectivity index (χ1) is 11.7. The second kappa shape index (κ2) is 12.4. The van der Waals surface area contributed by atoms with Gasteiger partial charge in [0.1, 0.15) is 5.75 Å². The van der Waals surface area contributed by atoms with E-state index < -0.39 is 0 Å². The molecule has 0 spiro atoms. The molecule has 142 valence electrons. The Labute approximate surface area is 169 Å². The molecule has 1 aromatic carbocycles. The molecule has 1 aromatic rings. The maximum absolute atomic E-state index is 5.76. The van der Waals surface area contributed by atoms with Crippen LogP contribution in [0.3, 0.4) is 0 Å². The molecule has 0 aliphatic heterocycles. The average molecular weight is 460 g/mol. The van der Waals surface area contributed by atoms with Gasteiger partial charge in [0.25, 0.3) is 0 Å². The number of aliphatic imine (C=N–C) groups is 1. The lowest BCUT2D eigenvalue weighted by molar-refractivity contribution is 0.281. The van der Waals surface area contributed by atoms with Crippen LogP contribution < -0.4 is 15.4 Å². The summed E-state index contributed by atoms with van der Waals surface area (Å²) >= 11 is 0. The van der Waals surface area contributed by atoms with Crippen molar-refractivity contribution < 1.29 is 4.74 Å². The van der Waals surface area contributed by atoms with Gasteiger partial charge in [-0.3, -0.25) is 4.99 Å². The van der Waals surface area contributed by atoms with E-state index >= 15 is 0 Å². The Hall–Kier alpha value is -1.02. The van der Waals surface area contributed by atoms with Gasteiger partial charge in [-0.15, -0.1) is 24.0 Å². The third kappa shape index (κ3) is 8.76. The maximum Gasteiger partial charge on any atom is 0.191 e. The van der Waals surface area contributed by atoms with Crippen LogP contribution in [0.5, 0.6) is 5.75 Å². The molecule has 5 nitrogen and oxygen atoms in total. The molecular weight excluding hydrogens is 427 g/mol. The van der Waals surface area contributed by atoms with Crippen molar-refractivity contribution in [3.8, 4) is 5.75 Å². The Bertz CT molecular complexity index is 499. The van der Waals surface area contributed by atoms with Crippen LogP contribution in [-0.4, -0.2) is 51.2 Å². The normalized spacial score (nSPS) is 15.1. The number of hydrogen-bond acceptors (Lipinski definition) is 3. The number of nitrogens with one attached hydrogen (secondary N) is 2. The van der Waals surface area contributed by atoms with E-state index in [1.54, 1.807) is 0 Å². The van der Waals surface area contributed by atoms with E-state index in [9.17, 15) is 0 Å². The minimum absolute atomic E-state index is 0. The Kier molecular flexibility index (Phi) is 10.9. The molecule has 0 aromatic heterocycles. The number of guanidine groups is 1. The zero-order valence-corrected chi connectivity index (χ0v) is 18.1. The van der Waals surface area contributed by atoms with Gasteiger partial charge < -0.3 is 20.3 Å². The van der Waals surface area contributed by atoms with Crippen molar-refractivity contribution in [2.45, 2.75) is 44.7 Å². The van der Waals surface area contributed by atoms with Gasteiger partial charge in [0.15, 0.2) is 5.96 Å². The lowest BCUT2D eigenvalue weighted by atomic mass is 10.2. The SMILES string of the molecule is CN=C(NCc1ccc(OCCCN(C)C)cc1)NC1CCCC1.I. The minimum Gasteiger partial charge on any atom is -0.494 e. The predicted molar refractivity (Wildman–Crippen MR) is 116 cm³/mol. The van der Waals surface area contributed by atoms with Crippen LogP contribution in [0.1, 0.15) is 37.7 Å². The summed E-state index contributed by atoms with van der Waals surface area (Å²) in [7, 11) is 5.99. The van der Waals surface area contributed by atoms with Crippen molar-refractivity contribution in [3.63, 3.8) is 0 Å². The van der Waals surface area contributed by atoms with Crippen LogP contribution in [0.15, 0.2) is 29.3 Å². The molecule has 0 heterocycles. The van der Waals surface area contributed by atoms with Crippen LogP contribution in [0, 0.1) is 0 Å². The summed E-state index contributed by atoms with van der Waals surface area (Å²) in [4.78, 5) is 6.49. The zero-order valence-electron chi connectivity index (χ0n) is 15.8. The number of ether oxygens (including phenoxy) is 1. The summed E-state index contributed by atoms with van der Waals surface area (Å²) in [6.45, 7) is 2.58. The molecule has 25 heavy (non-hydrogen) atoms. The summed E-state index contributed by atoms with van der Waals surface area (Å²) in [5, 5.41) is 6.89. The highest BCUT2D eigenvalue weighted by molar-refractivity contribution is 14.0. The second-order valence-electron chi connectivity index (χ2n) is 6.70. The third-order valence-corrected chi connectivity index (χ3v) is 4.32. The largest absolute Gasteiger partial charge is 0.494 e. The highest BCUT2D eigenvalue weighted by Gasteiger charge is 2.15. The van der Waals surface area contributed by atoms with Crippen LogP contribution in [0.25, 0.3) is 0 Å². The lowest BCUT2D eigenvalue weighted by Crippen LogP contribution is -2.41. The van der Waals surface area contributed by atoms with Gasteiger partial charge in [-0.05, 0) is 51.1 Å². The molecule has 0 unspecified atom stereocenters. The van der Waals surface area contributed by atoms with Gasteiger partial charge in [0.2, 0.25) is 0 Å². The molecule has 0 amide bonds. The van der Waals surface area contributed by atoms with Crippen molar-refractivity contribution in [2.24, 2.45) is 4.99 Å². The summed E-state index contributed by atoms with van der Waals surface area (Å²) in [6.07, 6.45) is 6.19. The number of halogens is 1. The summed E-state index contributed by atoms with van der Waals surface area (Å²) in [5.74, 6) is 1.83. The van der Waals surface area contributed by atoms with Gasteiger partial charge in [-0.2, -0.15) is 0 Å². The predicted octanol–water partition coefficient (Wildman–Crippen LogP) is 3.24. The van der Waals surface area contributed by atoms with Crippen molar-refractivity contribution in [1.29, 1.82) is 0 Å². The minimum atomic E-state index is 0. The standard InChI is InChI=1S/C19H32N4O.HI/c1-20-19(22-17-7-4-5-8-17)21-15-16-9-11-18(12-10-16)24-14-6-13-23(2)3;/h9-12,17H,4-8,13-15H2,1-3H3,(H2,20,21,22);1H. The van der Waals surface area contributed by atoms with Crippen molar-refractivity contribution in [3.05, 3.63) is 29.8 Å². The van der Waals surface area contributed by atoms with Crippen molar-refractivity contribution in [1.82, 2.24) is 15.5 Å². The van der Waals surface area contributed by atoms with Crippen molar-refractivity contribution in [2.75, 3.05) is 34.3 Å². The van der Waals surface area contributed by atoms with Crippen molar-refractivity contribution >= 4 is 29.9 Å². The monoisotopic (exact) mass is 460 g/mol. The molecule has 2 N–H and O–H groups in total. The summed E-state index contributed by atoms with van der Waals surface area (Å²) < 4.78 is 5.76. The van der Waals surface area contributed by atoms with E-state index in [2.05, 4.69) is 46.8 Å². The van der Waals surface area contributed by atoms with E-state index in [4.69, 9.17) is 4.74 Å². The quantitative estimate of drug-likeness (QED) is 0.271. The first-order valence-electron chi connectivity index (χ1n) is 9.01.